The molecule has 0 atom stereocenters. The van der Waals surface area contributed by atoms with E-state index in [0.717, 1.165) is 0 Å². The van der Waals surface area contributed by atoms with Gasteiger partial charge in [0.15, 0.2) is 0 Å². The van der Waals surface area contributed by atoms with E-state index in [4.69, 9.17) is 4.55 Å². The third-order valence-electron chi connectivity index (χ3n) is 0.193. The fourth-order valence-electron chi connectivity index (χ4n) is 0.0563. The molecule has 0 aromatic carbocycles. The van der Waals surface area contributed by atoms with Crippen molar-refractivity contribution in [2.24, 2.45) is 0 Å². The topological polar surface area (TPSA) is 63.6 Å². The van der Waals surface area contributed by atoms with Gasteiger partial charge in [0.25, 0.3) is 0 Å². The van der Waals surface area contributed by atoms with Gasteiger partial charge in [0, 0.05) is 0 Å². The first-order chi connectivity index (χ1) is 3.06. The van der Waals surface area contributed by atoms with Crippen molar-refractivity contribution in [2.75, 3.05) is 6.86 Å². The Kier molecular flexibility index (Phi) is 6.03. The summed E-state index contributed by atoms with van der Waals surface area (Å²) in [5.41, 5.74) is 0. The molecular formula is CH4FLiO4S. The van der Waals surface area contributed by atoms with E-state index in [0.29, 0.717) is 0 Å². The average Bonchev–Trinajstić information content (AvgIpc) is 1.30. The monoisotopic (exact) mass is 138 g/mol. The van der Waals surface area contributed by atoms with Crippen molar-refractivity contribution >= 4 is 10.4 Å². The van der Waals surface area contributed by atoms with Crippen molar-refractivity contribution in [3.8, 4) is 0 Å². The van der Waals surface area contributed by atoms with Crippen molar-refractivity contribution in [2.45, 2.75) is 0 Å². The maximum atomic E-state index is 10.7. The molecule has 0 saturated heterocycles. The minimum absolute atomic E-state index is 0. The van der Waals surface area contributed by atoms with E-state index in [2.05, 4.69) is 4.18 Å². The molecule has 0 unspecified atom stereocenters. The molecule has 0 spiro atoms. The van der Waals surface area contributed by atoms with Crippen LogP contribution in [-0.4, -0.2) is 19.8 Å². The van der Waals surface area contributed by atoms with Crippen LogP contribution in [0.5, 0.6) is 0 Å². The van der Waals surface area contributed by atoms with Gasteiger partial charge in [0.1, 0.15) is 0 Å². The number of hydrogen-bond donors (Lipinski definition) is 1. The second kappa shape index (κ2) is 4.29. The third kappa shape index (κ3) is 9.64. The maximum Gasteiger partial charge on any atom is 1.00 e. The van der Waals surface area contributed by atoms with Gasteiger partial charge in [-0.15, -0.1) is 0 Å². The Bertz CT molecular complexity index is 134. The zero-order valence-corrected chi connectivity index (χ0v) is 4.98. The standard InChI is InChI=1S/CH3FO4S.Li.H/c2-1-6-7(3,4)5;;/h1H2,(H,3,4,5);;/q;+1;-1. The molecule has 0 saturated carbocycles. The van der Waals surface area contributed by atoms with Crippen LogP contribution >= 0.6 is 0 Å². The zero-order valence-electron chi connectivity index (χ0n) is 5.17. The van der Waals surface area contributed by atoms with Crippen LogP contribution < -0.4 is 18.9 Å². The first-order valence-corrected chi connectivity index (χ1v) is 2.60. The summed E-state index contributed by atoms with van der Waals surface area (Å²) in [5.74, 6) is 0. The van der Waals surface area contributed by atoms with E-state index in [1.807, 2.05) is 0 Å². The smallest absolute Gasteiger partial charge is 1.00 e. The number of rotatable bonds is 2. The molecule has 0 rings (SSSR count). The maximum absolute atomic E-state index is 10.7. The van der Waals surface area contributed by atoms with Gasteiger partial charge in [-0.25, -0.2) is 8.57 Å². The van der Waals surface area contributed by atoms with E-state index in [1.165, 1.54) is 0 Å². The molecule has 8 heavy (non-hydrogen) atoms. The van der Waals surface area contributed by atoms with Gasteiger partial charge in [0.05, 0.1) is 0 Å². The van der Waals surface area contributed by atoms with Crippen LogP contribution in [0.15, 0.2) is 0 Å². The van der Waals surface area contributed by atoms with E-state index in [9.17, 15) is 12.8 Å². The van der Waals surface area contributed by atoms with Gasteiger partial charge in [0.2, 0.25) is 6.86 Å². The Morgan fingerprint density at radius 1 is 1.75 bits per heavy atom. The van der Waals surface area contributed by atoms with Crippen molar-refractivity contribution in [1.82, 2.24) is 0 Å². The summed E-state index contributed by atoms with van der Waals surface area (Å²) in [6, 6.07) is 0. The van der Waals surface area contributed by atoms with Crippen LogP contribution in [0.3, 0.4) is 0 Å². The molecule has 0 aliphatic carbocycles. The Morgan fingerprint density at radius 2 is 2.12 bits per heavy atom. The third-order valence-corrected chi connectivity index (χ3v) is 0.580. The normalized spacial score (nSPS) is 10.2. The SMILES string of the molecule is O=S(=O)(O)OCF.[H-].[Li+]. The van der Waals surface area contributed by atoms with Crippen molar-refractivity contribution in [3.05, 3.63) is 0 Å². The van der Waals surface area contributed by atoms with Gasteiger partial charge in [-0.05, 0) is 0 Å². The molecule has 0 heterocycles. The van der Waals surface area contributed by atoms with Crippen molar-refractivity contribution in [3.63, 3.8) is 0 Å². The van der Waals surface area contributed by atoms with Crippen LogP contribution in [0.4, 0.5) is 4.39 Å². The molecule has 4 nitrogen and oxygen atoms in total. The van der Waals surface area contributed by atoms with E-state index in [1.54, 1.807) is 0 Å². The molecule has 0 radical (unpaired) electrons. The molecule has 0 aromatic heterocycles. The van der Waals surface area contributed by atoms with Gasteiger partial charge < -0.3 is 1.43 Å². The summed E-state index contributed by atoms with van der Waals surface area (Å²) >= 11 is 0. The summed E-state index contributed by atoms with van der Waals surface area (Å²) in [6.07, 6.45) is 0. The first-order valence-electron chi connectivity index (χ1n) is 1.24. The summed E-state index contributed by atoms with van der Waals surface area (Å²) < 4.78 is 40.0. The minimum atomic E-state index is -4.55. The van der Waals surface area contributed by atoms with Gasteiger partial charge >= 0.3 is 29.3 Å². The van der Waals surface area contributed by atoms with Gasteiger partial charge in [-0.3, -0.25) is 4.55 Å². The molecule has 1 N–H and O–H groups in total. The predicted molar refractivity (Wildman–Crippen MR) is 19.7 cm³/mol. The predicted octanol–water partition coefficient (Wildman–Crippen LogP) is -3.15. The molecular weight excluding hydrogens is 134 g/mol. The van der Waals surface area contributed by atoms with E-state index in [-0.39, 0.29) is 20.3 Å². The summed E-state index contributed by atoms with van der Waals surface area (Å²) in [6.45, 7) is -1.53. The van der Waals surface area contributed by atoms with Gasteiger partial charge in [-0.1, -0.05) is 0 Å². The van der Waals surface area contributed by atoms with Gasteiger partial charge in [-0.2, -0.15) is 8.42 Å². The molecule has 0 fully saturated rings. The summed E-state index contributed by atoms with van der Waals surface area (Å²) in [5, 5.41) is 0. The number of halogens is 1. The fraction of sp³-hybridized carbons (Fsp3) is 1.00. The molecule has 0 amide bonds. The second-order valence-electron chi connectivity index (χ2n) is 0.655. The van der Waals surface area contributed by atoms with Crippen molar-refractivity contribution < 1.29 is 41.8 Å². The number of alkyl halides is 1. The zero-order chi connectivity index (χ0) is 5.91. The van der Waals surface area contributed by atoms with E-state index < -0.39 is 17.3 Å². The Balaban J connectivity index is -0.000000180. The average molecular weight is 138 g/mol. The molecule has 46 valence electrons. The summed E-state index contributed by atoms with van der Waals surface area (Å²) in [7, 11) is -4.55. The largest absolute Gasteiger partial charge is 1.00 e. The quantitative estimate of drug-likeness (QED) is 0.323. The van der Waals surface area contributed by atoms with Crippen LogP contribution in [0.2, 0.25) is 0 Å². The minimum Gasteiger partial charge on any atom is -1.00 e. The number of hydrogen-bond acceptors (Lipinski definition) is 3. The fourth-order valence-corrected chi connectivity index (χ4v) is 0.169. The van der Waals surface area contributed by atoms with Crippen LogP contribution in [0, 0.1) is 0 Å². The molecule has 0 bridgehead atoms. The molecule has 0 aliphatic rings. The molecule has 0 aromatic rings. The Hall–Kier alpha value is 0.397. The van der Waals surface area contributed by atoms with Crippen molar-refractivity contribution in [1.29, 1.82) is 0 Å². The van der Waals surface area contributed by atoms with E-state index >= 15 is 0 Å². The molecule has 7 heteroatoms. The van der Waals surface area contributed by atoms with Crippen LogP contribution in [0.1, 0.15) is 1.43 Å². The molecule has 0 aliphatic heterocycles. The first kappa shape index (κ1) is 11.2. The van der Waals surface area contributed by atoms with Crippen LogP contribution in [0.25, 0.3) is 0 Å². The summed E-state index contributed by atoms with van der Waals surface area (Å²) in [4.78, 5) is 0. The van der Waals surface area contributed by atoms with Crippen LogP contribution in [-0.2, 0) is 14.6 Å². The Labute approximate surface area is 59.6 Å². The second-order valence-corrected chi connectivity index (χ2v) is 1.75. The Morgan fingerprint density at radius 3 is 2.12 bits per heavy atom.